The van der Waals surface area contributed by atoms with Gasteiger partial charge in [0, 0.05) is 0 Å². The molecule has 1 saturated heterocycles. The van der Waals surface area contributed by atoms with Gasteiger partial charge in [-0.2, -0.15) is 0 Å². The molecule has 0 spiro atoms. The predicted molar refractivity (Wildman–Crippen MR) is 146 cm³/mol. The Morgan fingerprint density at radius 1 is 1.12 bits per heavy atom. The van der Waals surface area contributed by atoms with E-state index in [0.717, 1.165) is 7.04 Å². The van der Waals surface area contributed by atoms with E-state index in [0.29, 0.717) is 22.0 Å². The van der Waals surface area contributed by atoms with Crippen LogP contribution in [0.4, 0.5) is 0 Å². The van der Waals surface area contributed by atoms with Crippen LogP contribution in [0.15, 0.2) is 65.8 Å². The van der Waals surface area contributed by atoms with Crippen LogP contribution in [-0.2, 0) is 13.9 Å². The summed E-state index contributed by atoms with van der Waals surface area (Å²) in [7, 11) is -1.34. The molecule has 1 aliphatic rings. The molecule has 0 amide bonds. The molecule has 10 heteroatoms. The van der Waals surface area contributed by atoms with Gasteiger partial charge in [0.25, 0.3) is 0 Å². The molecule has 0 bridgehead atoms. The van der Waals surface area contributed by atoms with Crippen molar-refractivity contribution in [3.63, 3.8) is 0 Å². The number of nitrogens with zero attached hydrogens (tertiary/aromatic N) is 3. The Bertz CT molecular complexity index is 950. The van der Waals surface area contributed by atoms with Crippen LogP contribution in [0.2, 0.25) is 5.04 Å². The zero-order valence-electron chi connectivity index (χ0n) is 20.7. The third-order valence-corrected chi connectivity index (χ3v) is 13.6. The van der Waals surface area contributed by atoms with E-state index < -0.39 is 8.32 Å². The van der Waals surface area contributed by atoms with E-state index in [1.54, 1.807) is 0 Å². The van der Waals surface area contributed by atoms with Crippen LogP contribution < -0.4 is 10.4 Å². The second kappa shape index (κ2) is 11.8. The Balaban J connectivity index is 1.98. The molecule has 0 radical (unpaired) electrons. The van der Waals surface area contributed by atoms with Crippen molar-refractivity contribution < 1.29 is 13.9 Å². The maximum atomic E-state index is 11.1. The molecule has 0 N–H and O–H groups in total. The summed E-state index contributed by atoms with van der Waals surface area (Å²) in [6, 6.07) is 20.9. The van der Waals surface area contributed by atoms with Gasteiger partial charge in [-0.25, -0.2) is 0 Å². The number of benzene rings is 2. The third-order valence-electron chi connectivity index (χ3n) is 6.89. The van der Waals surface area contributed by atoms with Crippen molar-refractivity contribution in [2.75, 3.05) is 6.61 Å². The Hall–Kier alpha value is -1.75. The van der Waals surface area contributed by atoms with Crippen molar-refractivity contribution >= 4 is 41.1 Å². The number of hydrogen-bond acceptors (Lipinski definition) is 4. The quantitative estimate of drug-likeness (QED) is 0.174. The number of rotatable bonds is 9. The summed E-state index contributed by atoms with van der Waals surface area (Å²) in [5.41, 5.74) is 9.20. The zero-order valence-corrected chi connectivity index (χ0v) is 22.7. The Labute approximate surface area is 207 Å². The Kier molecular flexibility index (Phi) is 9.31. The minimum absolute atomic E-state index is 0.0950. The van der Waals surface area contributed by atoms with Crippen LogP contribution in [0.25, 0.3) is 10.4 Å². The van der Waals surface area contributed by atoms with Crippen LogP contribution in [0.1, 0.15) is 34.6 Å². The van der Waals surface area contributed by atoms with E-state index in [-0.39, 0.29) is 34.9 Å². The van der Waals surface area contributed by atoms with Crippen LogP contribution in [0.5, 0.6) is 0 Å². The van der Waals surface area contributed by atoms with Gasteiger partial charge >= 0.3 is 207 Å². The topological polar surface area (TPSA) is 84.3 Å². The van der Waals surface area contributed by atoms with Gasteiger partial charge in [0.15, 0.2) is 0 Å². The van der Waals surface area contributed by atoms with E-state index >= 15 is 0 Å². The van der Waals surface area contributed by atoms with Gasteiger partial charge in [-0.3, -0.25) is 0 Å². The van der Waals surface area contributed by atoms with E-state index in [9.17, 15) is 4.70 Å². The van der Waals surface area contributed by atoms with E-state index in [1.807, 2.05) is 19.1 Å². The van der Waals surface area contributed by atoms with Crippen molar-refractivity contribution in [2.24, 2.45) is 11.0 Å². The van der Waals surface area contributed by atoms with E-state index in [4.69, 9.17) is 14.7 Å². The molecular weight excluding hydrogens is 459 g/mol. The summed E-state index contributed by atoms with van der Waals surface area (Å²) in [4.78, 5) is 3.06. The molecule has 0 saturated carbocycles. The molecule has 34 heavy (non-hydrogen) atoms. The number of ether oxygens (including phenoxy) is 1. The van der Waals surface area contributed by atoms with Gasteiger partial charge in [-0.15, -0.1) is 0 Å². The fraction of sp³-hybridized carbons (Fsp3) is 0.500. The Morgan fingerprint density at radius 3 is 2.15 bits per heavy atom. The molecule has 1 fully saturated rings. The van der Waals surface area contributed by atoms with Gasteiger partial charge < -0.3 is 0 Å². The van der Waals surface area contributed by atoms with Crippen LogP contribution in [0.3, 0.4) is 0 Å². The summed E-state index contributed by atoms with van der Waals surface area (Å²) >= 11 is 0. The Morgan fingerprint density at radius 2 is 1.68 bits per heavy atom. The van der Waals surface area contributed by atoms with Crippen LogP contribution in [-0.4, -0.2) is 52.8 Å². The summed E-state index contributed by atoms with van der Waals surface area (Å²) in [5, 5.41) is 6.39. The first-order chi connectivity index (χ1) is 16.3. The number of azide groups is 1. The average Bonchev–Trinajstić information content (AvgIpc) is 2.82. The van der Waals surface area contributed by atoms with Gasteiger partial charge in [-0.1, -0.05) is 0 Å². The molecule has 0 aromatic heterocycles. The van der Waals surface area contributed by atoms with Crippen molar-refractivity contribution in [3.05, 3.63) is 71.1 Å². The fourth-order valence-corrected chi connectivity index (χ4v) is 11.3. The van der Waals surface area contributed by atoms with Crippen LogP contribution >= 0.6 is 8.46 Å². The first-order valence-electron chi connectivity index (χ1n) is 11.9. The first kappa shape index (κ1) is 26.8. The van der Waals surface area contributed by atoms with Crippen molar-refractivity contribution in [1.82, 2.24) is 0 Å². The fourth-order valence-electron chi connectivity index (χ4n) is 5.19. The van der Waals surface area contributed by atoms with Crippen molar-refractivity contribution in [1.29, 1.82) is 0 Å². The zero-order chi connectivity index (χ0) is 24.8. The second-order valence-electron chi connectivity index (χ2n) is 10.0. The minimum atomic E-state index is -2.68. The third kappa shape index (κ3) is 5.55. The molecule has 4 unspecified atom stereocenters. The standard InChI is InChI=1S/C24H34B2N3O3PSi/c1-17-21(32-18(2)22(28-29-27)23(17)33-26-25-30)16-31-34(24(3,4)5,19-12-8-6-9-13-19)20-14-10-7-11-15-20/h6-15,17-18,21-23,26,33H,16H2,1-5H3/t17-,18?,21?,22?,23+/m1/s1. The molecule has 6 nitrogen and oxygen atoms in total. The normalized spacial score (nSPS) is 25.5. The monoisotopic (exact) mass is 493 g/mol. The molecular formula is C24H34B2N3O3PSi. The van der Waals surface area contributed by atoms with E-state index in [1.165, 1.54) is 10.4 Å². The summed E-state index contributed by atoms with van der Waals surface area (Å²) in [6.45, 7) is 11.8. The predicted octanol–water partition coefficient (Wildman–Crippen LogP) is 4.03. The average molecular weight is 493 g/mol. The first-order valence-corrected chi connectivity index (χ1v) is 15.1. The van der Waals surface area contributed by atoms with E-state index in [2.05, 4.69) is 86.3 Å². The molecule has 0 aliphatic carbocycles. The second-order valence-corrected chi connectivity index (χ2v) is 15.8. The van der Waals surface area contributed by atoms with Crippen molar-refractivity contribution in [3.8, 4) is 0 Å². The molecule has 2 aromatic rings. The van der Waals surface area contributed by atoms with Gasteiger partial charge in [0.05, 0.1) is 0 Å². The molecule has 3 rings (SSSR count). The maximum absolute atomic E-state index is 11.1. The molecule has 2 aromatic carbocycles. The van der Waals surface area contributed by atoms with Gasteiger partial charge in [0.2, 0.25) is 0 Å². The summed E-state index contributed by atoms with van der Waals surface area (Å²) in [6.07, 6.45) is -0.380. The summed E-state index contributed by atoms with van der Waals surface area (Å²) in [5.74, 6) is 0.100. The van der Waals surface area contributed by atoms with Crippen LogP contribution in [0, 0.1) is 5.92 Å². The molecule has 1 aliphatic heterocycles. The number of hydrogen-bond donors (Lipinski definition) is 0. The molecule has 1 heterocycles. The van der Waals surface area contributed by atoms with Crippen molar-refractivity contribution in [2.45, 2.75) is 63.6 Å². The SMILES string of the molecule is CC1OC(CO[Si](c2ccccc2)(c2ccccc2)C(C)(C)C)[C@@H](C)[C@H](PBB=O)C1N=[N+]=[N-]. The molecule has 6 atom stereocenters. The van der Waals surface area contributed by atoms with Gasteiger partial charge in [-0.05, 0) is 0 Å². The van der Waals surface area contributed by atoms with Gasteiger partial charge in [0.1, 0.15) is 0 Å². The summed E-state index contributed by atoms with van der Waals surface area (Å²) < 4.78 is 24.6. The molecule has 178 valence electrons.